The lowest BCUT2D eigenvalue weighted by molar-refractivity contribution is 0.104. The van der Waals surface area contributed by atoms with E-state index in [9.17, 15) is 10.1 Å². The molecule has 3 N–H and O–H groups in total. The summed E-state index contributed by atoms with van der Waals surface area (Å²) in [6.45, 7) is 4.13. The van der Waals surface area contributed by atoms with Crippen molar-refractivity contribution >= 4 is 38.6 Å². The summed E-state index contributed by atoms with van der Waals surface area (Å²) >= 11 is 1.20. The first-order valence-corrected chi connectivity index (χ1v) is 8.18. The van der Waals surface area contributed by atoms with E-state index in [0.717, 1.165) is 10.8 Å². The van der Waals surface area contributed by atoms with Crippen LogP contribution in [0.1, 0.15) is 20.8 Å². The maximum absolute atomic E-state index is 12.8. The Kier molecular flexibility index (Phi) is 4.32. The van der Waals surface area contributed by atoms with Gasteiger partial charge in [-0.3, -0.25) is 4.79 Å². The predicted molar refractivity (Wildman–Crippen MR) is 99.5 cm³/mol. The lowest BCUT2D eigenvalue weighted by atomic mass is 10.0. The quantitative estimate of drug-likeness (QED) is 0.542. The van der Waals surface area contributed by atoms with Crippen LogP contribution >= 0.6 is 11.3 Å². The molecule has 0 aliphatic heterocycles. The zero-order valence-electron chi connectivity index (χ0n) is 12.9. The van der Waals surface area contributed by atoms with Gasteiger partial charge < -0.3 is 11.1 Å². The van der Waals surface area contributed by atoms with Crippen molar-refractivity contribution in [1.29, 1.82) is 5.26 Å². The van der Waals surface area contributed by atoms with Gasteiger partial charge in [0.25, 0.3) is 0 Å². The van der Waals surface area contributed by atoms with Crippen molar-refractivity contribution in [3.63, 3.8) is 0 Å². The summed E-state index contributed by atoms with van der Waals surface area (Å²) in [5.41, 5.74) is 7.14. The molecule has 24 heavy (non-hydrogen) atoms. The van der Waals surface area contributed by atoms with Gasteiger partial charge in [-0.1, -0.05) is 42.5 Å². The highest BCUT2D eigenvalue weighted by molar-refractivity contribution is 7.19. The first kappa shape index (κ1) is 15.8. The predicted octanol–water partition coefficient (Wildman–Crippen LogP) is 4.18. The number of ketones is 1. The van der Waals surface area contributed by atoms with Crippen LogP contribution in [0.15, 0.2) is 55.1 Å². The number of anilines is 2. The van der Waals surface area contributed by atoms with Crippen LogP contribution in [0.3, 0.4) is 0 Å². The first-order chi connectivity index (χ1) is 11.7. The Hall–Kier alpha value is -3.10. The largest absolute Gasteiger partial charge is 0.396 e. The van der Waals surface area contributed by atoms with E-state index in [1.807, 2.05) is 36.4 Å². The third-order valence-corrected chi connectivity index (χ3v) is 4.84. The number of nitrogens with one attached hydrogen (secondary N) is 1. The zero-order valence-corrected chi connectivity index (χ0v) is 13.7. The van der Waals surface area contributed by atoms with E-state index in [-0.39, 0.29) is 11.5 Å². The van der Waals surface area contributed by atoms with Crippen LogP contribution < -0.4 is 11.1 Å². The molecule has 5 heteroatoms. The van der Waals surface area contributed by atoms with Gasteiger partial charge in [-0.25, -0.2) is 0 Å². The van der Waals surface area contributed by atoms with E-state index >= 15 is 0 Å². The molecule has 0 fully saturated rings. The Bertz CT molecular complexity index is 982. The number of benzene rings is 2. The number of rotatable bonds is 5. The third-order valence-electron chi connectivity index (χ3n) is 3.68. The normalized spacial score (nSPS) is 10.3. The minimum absolute atomic E-state index is 0.175. The smallest absolute Gasteiger partial charge is 0.205 e. The highest BCUT2D eigenvalue weighted by atomic mass is 32.1. The van der Waals surface area contributed by atoms with Crippen LogP contribution in [0, 0.1) is 11.3 Å². The molecule has 0 saturated heterocycles. The average Bonchev–Trinajstić information content (AvgIpc) is 2.94. The summed E-state index contributed by atoms with van der Waals surface area (Å²) in [5, 5.41) is 15.0. The Morgan fingerprint density at radius 2 is 2.04 bits per heavy atom. The molecule has 0 saturated carbocycles. The van der Waals surface area contributed by atoms with Crippen LogP contribution in [0.25, 0.3) is 10.8 Å². The van der Waals surface area contributed by atoms with Crippen molar-refractivity contribution < 1.29 is 4.79 Å². The average molecular weight is 333 g/mol. The number of hydrogen-bond donors (Lipinski definition) is 2. The number of thiophene rings is 1. The Morgan fingerprint density at radius 3 is 2.75 bits per heavy atom. The van der Waals surface area contributed by atoms with Crippen molar-refractivity contribution in [3.8, 4) is 6.07 Å². The number of hydrogen-bond acceptors (Lipinski definition) is 5. The maximum atomic E-state index is 12.8. The van der Waals surface area contributed by atoms with Gasteiger partial charge in [0.05, 0.1) is 5.69 Å². The molecule has 0 aliphatic carbocycles. The van der Waals surface area contributed by atoms with Crippen LogP contribution in [-0.4, -0.2) is 12.3 Å². The molecule has 3 rings (SSSR count). The van der Waals surface area contributed by atoms with Crippen molar-refractivity contribution in [3.05, 3.63) is 71.1 Å². The molecule has 0 amide bonds. The summed E-state index contributed by atoms with van der Waals surface area (Å²) < 4.78 is 0. The lowest BCUT2D eigenvalue weighted by Crippen LogP contribution is -2.02. The summed E-state index contributed by atoms with van der Waals surface area (Å²) in [5.74, 6) is -0.175. The Balaban J connectivity index is 2.03. The van der Waals surface area contributed by atoms with Gasteiger partial charge in [-0.15, -0.1) is 17.9 Å². The maximum Gasteiger partial charge on any atom is 0.205 e. The molecule has 0 atom stereocenters. The molecule has 118 valence electrons. The molecule has 0 spiro atoms. The Morgan fingerprint density at radius 1 is 1.29 bits per heavy atom. The summed E-state index contributed by atoms with van der Waals surface area (Å²) in [4.78, 5) is 13.2. The van der Waals surface area contributed by atoms with Crippen LogP contribution in [0.5, 0.6) is 0 Å². The fourth-order valence-corrected chi connectivity index (χ4v) is 3.51. The van der Waals surface area contributed by atoms with Crippen LogP contribution in [0.4, 0.5) is 10.7 Å². The molecule has 4 nitrogen and oxygen atoms in total. The van der Waals surface area contributed by atoms with Crippen molar-refractivity contribution in [1.82, 2.24) is 0 Å². The molecule has 0 aliphatic rings. The van der Waals surface area contributed by atoms with Crippen LogP contribution in [0.2, 0.25) is 0 Å². The molecule has 2 aromatic carbocycles. The second kappa shape index (κ2) is 6.57. The zero-order chi connectivity index (χ0) is 17.1. The number of fused-ring (bicyclic) bond motifs is 1. The van der Waals surface area contributed by atoms with Gasteiger partial charge >= 0.3 is 0 Å². The van der Waals surface area contributed by atoms with Crippen molar-refractivity contribution in [2.45, 2.75) is 0 Å². The van der Waals surface area contributed by atoms with E-state index in [1.54, 1.807) is 12.1 Å². The van der Waals surface area contributed by atoms with E-state index in [4.69, 9.17) is 5.73 Å². The molecular weight excluding hydrogens is 318 g/mol. The number of carbonyl (C=O) groups excluding carboxylic acids is 1. The van der Waals surface area contributed by atoms with E-state index in [1.165, 1.54) is 11.3 Å². The highest BCUT2D eigenvalue weighted by Crippen LogP contribution is 2.36. The fourth-order valence-electron chi connectivity index (χ4n) is 2.47. The highest BCUT2D eigenvalue weighted by Gasteiger charge is 2.22. The SMILES string of the molecule is C=CCNc1sc(C(=O)c2ccc3ccccc3c2)c(N)c1C#N. The molecule has 1 heterocycles. The van der Waals surface area contributed by atoms with Gasteiger partial charge in [0.15, 0.2) is 0 Å². The molecule has 0 radical (unpaired) electrons. The van der Waals surface area contributed by atoms with Gasteiger partial charge in [0.1, 0.15) is 21.5 Å². The van der Waals surface area contributed by atoms with Gasteiger partial charge in [-0.2, -0.15) is 5.26 Å². The van der Waals surface area contributed by atoms with E-state index in [0.29, 0.717) is 27.5 Å². The molecule has 3 aromatic rings. The van der Waals surface area contributed by atoms with Crippen molar-refractivity contribution in [2.75, 3.05) is 17.6 Å². The van der Waals surface area contributed by atoms with Gasteiger partial charge in [0, 0.05) is 12.1 Å². The molecule has 0 bridgehead atoms. The summed E-state index contributed by atoms with van der Waals surface area (Å²) in [7, 11) is 0. The second-order valence-corrected chi connectivity index (χ2v) is 6.24. The number of nitrogens with two attached hydrogens (primary N) is 1. The van der Waals surface area contributed by atoms with E-state index < -0.39 is 0 Å². The Labute approximate surface area is 143 Å². The minimum atomic E-state index is -0.175. The summed E-state index contributed by atoms with van der Waals surface area (Å²) in [6.07, 6.45) is 1.68. The fraction of sp³-hybridized carbons (Fsp3) is 0.0526. The number of nitrogen functional groups attached to an aromatic ring is 1. The molecule has 1 aromatic heterocycles. The number of nitriles is 1. The first-order valence-electron chi connectivity index (χ1n) is 7.36. The second-order valence-electron chi connectivity index (χ2n) is 5.22. The van der Waals surface area contributed by atoms with E-state index in [2.05, 4.69) is 18.0 Å². The lowest BCUT2D eigenvalue weighted by Gasteiger charge is -2.02. The molecule has 0 unspecified atom stereocenters. The topological polar surface area (TPSA) is 78.9 Å². The summed E-state index contributed by atoms with van der Waals surface area (Å²) in [6, 6.07) is 15.5. The monoisotopic (exact) mass is 333 g/mol. The third kappa shape index (κ3) is 2.75. The van der Waals surface area contributed by atoms with Gasteiger partial charge in [0.2, 0.25) is 5.78 Å². The number of carbonyl (C=O) groups is 1. The standard InChI is InChI=1S/C19H15N3OS/c1-2-9-22-19-15(11-20)16(21)18(24-19)17(23)14-8-7-12-5-3-4-6-13(12)10-14/h2-8,10,22H,1,9,21H2. The molecular formula is C19H15N3OS. The minimum Gasteiger partial charge on any atom is -0.396 e. The van der Waals surface area contributed by atoms with Crippen molar-refractivity contribution in [2.24, 2.45) is 0 Å². The van der Waals surface area contributed by atoms with Gasteiger partial charge in [-0.05, 0) is 16.8 Å². The number of nitrogens with zero attached hydrogens (tertiary/aromatic N) is 1. The van der Waals surface area contributed by atoms with Crippen LogP contribution in [-0.2, 0) is 0 Å².